The van der Waals surface area contributed by atoms with Crippen LogP contribution < -0.4 is 10.2 Å². The molecule has 19 heavy (non-hydrogen) atoms. The van der Waals surface area contributed by atoms with Gasteiger partial charge in [0.05, 0.1) is 12.2 Å². The lowest BCUT2D eigenvalue weighted by Gasteiger charge is -2.11. The highest BCUT2D eigenvalue weighted by molar-refractivity contribution is 5.89. The molecule has 1 N–H and O–H groups in total. The highest BCUT2D eigenvalue weighted by atomic mass is 19.4. The van der Waals surface area contributed by atoms with E-state index in [4.69, 9.17) is 0 Å². The first kappa shape index (κ1) is 15.0. The van der Waals surface area contributed by atoms with Gasteiger partial charge in [-0.15, -0.1) is 13.2 Å². The lowest BCUT2D eigenvalue weighted by atomic mass is 10.2. The Balaban J connectivity index is 3.23. The summed E-state index contributed by atoms with van der Waals surface area (Å²) in [5, 5.41) is 0. The first-order chi connectivity index (χ1) is 8.80. The van der Waals surface area contributed by atoms with Gasteiger partial charge in [0.25, 0.3) is 0 Å². The topological polar surface area (TPSA) is 68.4 Å². The van der Waals surface area contributed by atoms with Gasteiger partial charge in [-0.05, 0) is 6.92 Å². The van der Waals surface area contributed by atoms with Crippen molar-refractivity contribution in [1.29, 1.82) is 0 Å². The minimum Gasteiger partial charge on any atom is -0.462 e. The Kier molecular flexibility index (Phi) is 4.52. The Labute approximate surface area is 104 Å². The van der Waals surface area contributed by atoms with E-state index in [1.54, 1.807) is 0 Å². The minimum absolute atomic E-state index is 0.0377. The summed E-state index contributed by atoms with van der Waals surface area (Å²) in [6.07, 6.45) is -4.40. The molecular formula is C10H9F4NO4. The van der Waals surface area contributed by atoms with Gasteiger partial charge in [0.15, 0.2) is 0 Å². The van der Waals surface area contributed by atoms with Crippen LogP contribution in [0.3, 0.4) is 0 Å². The number of nitrogens with one attached hydrogen (secondary N) is 1. The van der Waals surface area contributed by atoms with Crippen molar-refractivity contribution in [2.45, 2.75) is 20.0 Å². The van der Waals surface area contributed by atoms with Crippen LogP contribution in [0.4, 0.5) is 17.6 Å². The van der Waals surface area contributed by atoms with Gasteiger partial charge < -0.3 is 14.5 Å². The molecular weight excluding hydrogens is 274 g/mol. The minimum atomic E-state index is -5.09. The molecule has 0 spiro atoms. The maximum absolute atomic E-state index is 12.6. The van der Waals surface area contributed by atoms with Gasteiger partial charge in [-0.2, -0.15) is 0 Å². The van der Waals surface area contributed by atoms with Crippen molar-refractivity contribution in [3.8, 4) is 5.88 Å². The van der Waals surface area contributed by atoms with E-state index in [1.807, 2.05) is 4.98 Å². The standard InChI is InChI=1S/C10H9F4NO4/c1-2-18-9(17)6-4-15-8(19-10(12,13)14)5(3-11)7(6)16/h4H,2-3H2,1H3,(H,15,16). The van der Waals surface area contributed by atoms with Gasteiger partial charge in [-0.3, -0.25) is 4.79 Å². The van der Waals surface area contributed by atoms with Gasteiger partial charge in [0.2, 0.25) is 11.3 Å². The normalized spacial score (nSPS) is 11.2. The third-order valence-corrected chi connectivity index (χ3v) is 1.99. The molecule has 0 aliphatic heterocycles. The number of alkyl halides is 4. The van der Waals surface area contributed by atoms with Crippen molar-refractivity contribution in [3.05, 3.63) is 27.5 Å². The largest absolute Gasteiger partial charge is 0.574 e. The molecule has 0 amide bonds. The summed E-state index contributed by atoms with van der Waals surface area (Å²) in [4.78, 5) is 24.8. The van der Waals surface area contributed by atoms with Crippen LogP contribution >= 0.6 is 0 Å². The molecule has 0 saturated carbocycles. The molecule has 5 nitrogen and oxygen atoms in total. The van der Waals surface area contributed by atoms with Crippen LogP contribution in [0.25, 0.3) is 0 Å². The predicted molar refractivity (Wildman–Crippen MR) is 54.5 cm³/mol. The van der Waals surface area contributed by atoms with Crippen molar-refractivity contribution in [2.24, 2.45) is 0 Å². The molecule has 0 aliphatic rings. The molecule has 0 fully saturated rings. The molecule has 1 aromatic heterocycles. The zero-order valence-electron chi connectivity index (χ0n) is 9.64. The predicted octanol–water partition coefficient (Wildman–Crippen LogP) is 1.92. The van der Waals surface area contributed by atoms with E-state index in [0.717, 1.165) is 0 Å². The Hall–Kier alpha value is -2.06. The molecule has 1 aromatic rings. The first-order valence-electron chi connectivity index (χ1n) is 5.03. The van der Waals surface area contributed by atoms with Crippen LogP contribution in [0.1, 0.15) is 22.8 Å². The first-order valence-corrected chi connectivity index (χ1v) is 5.03. The monoisotopic (exact) mass is 283 g/mol. The van der Waals surface area contributed by atoms with Gasteiger partial charge in [0.1, 0.15) is 12.2 Å². The number of ether oxygens (including phenoxy) is 2. The number of aromatic amines is 1. The second kappa shape index (κ2) is 5.72. The second-order valence-electron chi connectivity index (χ2n) is 3.24. The number of esters is 1. The maximum atomic E-state index is 12.6. The third-order valence-electron chi connectivity index (χ3n) is 1.99. The fraction of sp³-hybridized carbons (Fsp3) is 0.400. The van der Waals surface area contributed by atoms with E-state index in [0.29, 0.717) is 6.20 Å². The highest BCUT2D eigenvalue weighted by Gasteiger charge is 2.33. The average Bonchev–Trinajstić information content (AvgIpc) is 2.27. The number of H-pyrrole nitrogens is 1. The summed E-state index contributed by atoms with van der Waals surface area (Å²) < 4.78 is 56.6. The molecule has 9 heteroatoms. The van der Waals surface area contributed by atoms with Crippen molar-refractivity contribution in [3.63, 3.8) is 0 Å². The van der Waals surface area contributed by atoms with Crippen LogP contribution in [0, 0.1) is 0 Å². The van der Waals surface area contributed by atoms with Crippen LogP contribution in [-0.2, 0) is 11.4 Å². The van der Waals surface area contributed by atoms with Gasteiger partial charge in [-0.1, -0.05) is 0 Å². The quantitative estimate of drug-likeness (QED) is 0.677. The van der Waals surface area contributed by atoms with Crippen LogP contribution in [0.15, 0.2) is 11.0 Å². The van der Waals surface area contributed by atoms with Crippen molar-refractivity contribution in [2.75, 3.05) is 6.61 Å². The van der Waals surface area contributed by atoms with Crippen LogP contribution in [0.2, 0.25) is 0 Å². The molecule has 0 bridgehead atoms. The van der Waals surface area contributed by atoms with Crippen molar-refractivity contribution < 1.29 is 31.8 Å². The fourth-order valence-electron chi connectivity index (χ4n) is 1.24. The molecule has 0 unspecified atom stereocenters. The lowest BCUT2D eigenvalue weighted by molar-refractivity contribution is -0.276. The smallest absolute Gasteiger partial charge is 0.462 e. The number of carbonyl (C=O) groups excluding carboxylic acids is 1. The number of halogens is 4. The molecule has 106 valence electrons. The average molecular weight is 283 g/mol. The zero-order valence-corrected chi connectivity index (χ0v) is 9.64. The van der Waals surface area contributed by atoms with Crippen molar-refractivity contribution in [1.82, 2.24) is 4.98 Å². The van der Waals surface area contributed by atoms with E-state index in [-0.39, 0.29) is 6.61 Å². The lowest BCUT2D eigenvalue weighted by Crippen LogP contribution is -2.25. The number of carbonyl (C=O) groups is 1. The summed E-state index contributed by atoms with van der Waals surface area (Å²) in [6.45, 7) is -0.0820. The fourth-order valence-corrected chi connectivity index (χ4v) is 1.24. The summed E-state index contributed by atoms with van der Waals surface area (Å²) in [5.41, 5.74) is -2.73. The number of hydrogen-bond donors (Lipinski definition) is 1. The second-order valence-corrected chi connectivity index (χ2v) is 3.24. The number of aromatic nitrogens is 1. The SMILES string of the molecule is CCOC(=O)c1c[nH]c(OC(F)(F)F)c(CF)c1=O. The van der Waals surface area contributed by atoms with Gasteiger partial charge in [0, 0.05) is 6.20 Å². The molecule has 0 aliphatic carbocycles. The highest BCUT2D eigenvalue weighted by Crippen LogP contribution is 2.23. The van der Waals surface area contributed by atoms with Gasteiger partial charge in [-0.25, -0.2) is 9.18 Å². The number of hydrogen-bond acceptors (Lipinski definition) is 4. The van der Waals surface area contributed by atoms with E-state index in [9.17, 15) is 27.2 Å². The number of pyridine rings is 1. The molecule has 1 rings (SSSR count). The van der Waals surface area contributed by atoms with E-state index >= 15 is 0 Å². The van der Waals surface area contributed by atoms with Gasteiger partial charge >= 0.3 is 12.3 Å². The van der Waals surface area contributed by atoms with Crippen molar-refractivity contribution >= 4 is 5.97 Å². The summed E-state index contributed by atoms with van der Waals surface area (Å²) >= 11 is 0. The van der Waals surface area contributed by atoms with E-state index in [2.05, 4.69) is 9.47 Å². The van der Waals surface area contributed by atoms with Crippen LogP contribution in [0.5, 0.6) is 5.88 Å². The third kappa shape index (κ3) is 3.70. The molecule has 0 aromatic carbocycles. The number of rotatable bonds is 4. The Bertz CT molecular complexity index is 523. The van der Waals surface area contributed by atoms with Crippen LogP contribution in [-0.4, -0.2) is 23.9 Å². The maximum Gasteiger partial charge on any atom is 0.574 e. The Morgan fingerprint density at radius 3 is 2.53 bits per heavy atom. The summed E-state index contributed by atoms with van der Waals surface area (Å²) in [6, 6.07) is 0. The molecule has 1 heterocycles. The van der Waals surface area contributed by atoms with E-state index in [1.165, 1.54) is 6.92 Å². The summed E-state index contributed by atoms with van der Waals surface area (Å²) in [5.74, 6) is -2.15. The Morgan fingerprint density at radius 1 is 1.42 bits per heavy atom. The summed E-state index contributed by atoms with van der Waals surface area (Å²) in [7, 11) is 0. The van der Waals surface area contributed by atoms with E-state index < -0.39 is 41.4 Å². The molecule has 0 radical (unpaired) electrons. The molecule has 0 saturated heterocycles. The zero-order chi connectivity index (χ0) is 14.6. The molecule has 0 atom stereocenters. The Morgan fingerprint density at radius 2 is 2.05 bits per heavy atom.